The van der Waals surface area contributed by atoms with Crippen molar-refractivity contribution < 1.29 is 9.84 Å². The van der Waals surface area contributed by atoms with E-state index in [9.17, 15) is 5.11 Å². The van der Waals surface area contributed by atoms with Gasteiger partial charge >= 0.3 is 0 Å². The van der Waals surface area contributed by atoms with Gasteiger partial charge in [-0.25, -0.2) is 0 Å². The maximum Gasteiger partial charge on any atom is 0.128 e. The number of unbranched alkanes of at least 4 members (excludes halogenated alkanes) is 1. The first-order valence-electron chi connectivity index (χ1n) is 7.34. The molecule has 3 heteroatoms. The van der Waals surface area contributed by atoms with E-state index < -0.39 is 6.10 Å². The van der Waals surface area contributed by atoms with Gasteiger partial charge < -0.3 is 9.84 Å². The average molecular weight is 349 g/mol. The van der Waals surface area contributed by atoms with Crippen molar-refractivity contribution in [1.82, 2.24) is 0 Å². The smallest absolute Gasteiger partial charge is 0.128 e. The van der Waals surface area contributed by atoms with Crippen LogP contribution in [0.25, 0.3) is 0 Å². The highest BCUT2D eigenvalue weighted by atomic mass is 79.9. The quantitative estimate of drug-likeness (QED) is 0.732. The molecule has 0 saturated carbocycles. The number of aliphatic hydroxyl groups excluding tert-OH is 1. The van der Waals surface area contributed by atoms with Crippen molar-refractivity contribution >= 4 is 15.9 Å². The number of ether oxygens (including phenoxy) is 1. The summed E-state index contributed by atoms with van der Waals surface area (Å²) in [4.78, 5) is 0. The lowest BCUT2D eigenvalue weighted by atomic mass is 10.1. The minimum Gasteiger partial charge on any atom is -0.457 e. The molecule has 1 N–H and O–H groups in total. The molecule has 2 aromatic rings. The topological polar surface area (TPSA) is 29.5 Å². The summed E-state index contributed by atoms with van der Waals surface area (Å²) in [7, 11) is 0. The number of hydrogen-bond acceptors (Lipinski definition) is 2. The summed E-state index contributed by atoms with van der Waals surface area (Å²) < 4.78 is 6.70. The Hall–Kier alpha value is -1.32. The molecule has 2 aromatic carbocycles. The van der Waals surface area contributed by atoms with Crippen LogP contribution in [0, 0.1) is 0 Å². The lowest BCUT2D eigenvalue weighted by Crippen LogP contribution is -1.93. The summed E-state index contributed by atoms with van der Waals surface area (Å²) in [5, 5.41) is 9.62. The molecule has 0 spiro atoms. The Bertz CT molecular complexity index is 576. The molecule has 1 atom stereocenters. The van der Waals surface area contributed by atoms with Crippen molar-refractivity contribution in [3.05, 3.63) is 58.1 Å². The van der Waals surface area contributed by atoms with Gasteiger partial charge in [-0.2, -0.15) is 0 Å². The van der Waals surface area contributed by atoms with E-state index in [0.29, 0.717) is 0 Å². The molecule has 0 heterocycles. The van der Waals surface area contributed by atoms with Crippen LogP contribution in [0.2, 0.25) is 0 Å². The van der Waals surface area contributed by atoms with Gasteiger partial charge in [0, 0.05) is 4.47 Å². The molecule has 0 amide bonds. The second-order valence-electron chi connectivity index (χ2n) is 5.21. The van der Waals surface area contributed by atoms with E-state index in [1.54, 1.807) is 6.92 Å². The van der Waals surface area contributed by atoms with Crippen LogP contribution in [-0.4, -0.2) is 5.11 Å². The molecule has 1 unspecified atom stereocenters. The van der Waals surface area contributed by atoms with E-state index in [1.807, 2.05) is 30.3 Å². The maximum absolute atomic E-state index is 9.62. The zero-order valence-electron chi connectivity index (χ0n) is 12.5. The molecule has 0 radical (unpaired) electrons. The Morgan fingerprint density at radius 1 is 1.10 bits per heavy atom. The molecule has 0 aliphatic heterocycles. The maximum atomic E-state index is 9.62. The first kappa shape index (κ1) is 16.1. The SMILES string of the molecule is CCCCc1ccc(Oc2ccc(C(C)O)c(Br)c2)cc1. The standard InChI is InChI=1S/C18H21BrO2/c1-3-4-5-14-6-8-15(9-7-14)21-16-10-11-17(13(2)20)18(19)12-16/h6-13,20H,3-5H2,1-2H3. The average Bonchev–Trinajstić information content (AvgIpc) is 2.46. The summed E-state index contributed by atoms with van der Waals surface area (Å²) >= 11 is 3.46. The van der Waals surface area contributed by atoms with Crippen LogP contribution >= 0.6 is 15.9 Å². The van der Waals surface area contributed by atoms with Crippen molar-refractivity contribution in [2.24, 2.45) is 0 Å². The highest BCUT2D eigenvalue weighted by Gasteiger charge is 2.07. The molecule has 112 valence electrons. The second-order valence-corrected chi connectivity index (χ2v) is 6.06. The van der Waals surface area contributed by atoms with E-state index in [1.165, 1.54) is 18.4 Å². The highest BCUT2D eigenvalue weighted by molar-refractivity contribution is 9.10. The summed E-state index contributed by atoms with van der Waals surface area (Å²) in [5.74, 6) is 1.58. The fourth-order valence-electron chi connectivity index (χ4n) is 2.15. The van der Waals surface area contributed by atoms with Gasteiger partial charge in [-0.15, -0.1) is 0 Å². The molecule has 0 aliphatic rings. The number of halogens is 1. The predicted octanol–water partition coefficient (Wildman–Crippen LogP) is 5.64. The molecule has 2 nitrogen and oxygen atoms in total. The number of aliphatic hydroxyl groups is 1. The highest BCUT2D eigenvalue weighted by Crippen LogP contribution is 2.30. The van der Waals surface area contributed by atoms with Crippen LogP contribution in [0.3, 0.4) is 0 Å². The zero-order chi connectivity index (χ0) is 15.2. The van der Waals surface area contributed by atoms with E-state index in [2.05, 4.69) is 35.0 Å². The van der Waals surface area contributed by atoms with Crippen molar-refractivity contribution in [2.75, 3.05) is 0 Å². The van der Waals surface area contributed by atoms with Crippen molar-refractivity contribution in [3.63, 3.8) is 0 Å². The fraction of sp³-hybridized carbons (Fsp3) is 0.333. The first-order valence-corrected chi connectivity index (χ1v) is 8.13. The normalized spacial score (nSPS) is 12.2. The lowest BCUT2D eigenvalue weighted by Gasteiger charge is -2.11. The predicted molar refractivity (Wildman–Crippen MR) is 89.9 cm³/mol. The van der Waals surface area contributed by atoms with Crippen molar-refractivity contribution in [3.8, 4) is 11.5 Å². The minimum absolute atomic E-state index is 0.494. The monoisotopic (exact) mass is 348 g/mol. The van der Waals surface area contributed by atoms with Crippen LogP contribution in [0.4, 0.5) is 0 Å². The van der Waals surface area contributed by atoms with Gasteiger partial charge in [-0.1, -0.05) is 47.5 Å². The van der Waals surface area contributed by atoms with Gasteiger partial charge in [-0.05, 0) is 55.2 Å². The van der Waals surface area contributed by atoms with E-state index >= 15 is 0 Å². The van der Waals surface area contributed by atoms with Gasteiger partial charge in [0.05, 0.1) is 6.10 Å². The minimum atomic E-state index is -0.494. The molecule has 0 fully saturated rings. The summed E-state index contributed by atoms with van der Waals surface area (Å²) in [6, 6.07) is 13.9. The molecule has 0 saturated heterocycles. The van der Waals surface area contributed by atoms with E-state index in [0.717, 1.165) is 28.0 Å². The van der Waals surface area contributed by atoms with Crippen LogP contribution in [0.15, 0.2) is 46.9 Å². The molecule has 21 heavy (non-hydrogen) atoms. The van der Waals surface area contributed by atoms with Crippen LogP contribution in [0.1, 0.15) is 43.9 Å². The van der Waals surface area contributed by atoms with Gasteiger partial charge in [0.25, 0.3) is 0 Å². The Kier molecular flexibility index (Phi) is 5.83. The Labute approximate surface area is 134 Å². The summed E-state index contributed by atoms with van der Waals surface area (Å²) in [6.07, 6.45) is 3.05. The van der Waals surface area contributed by atoms with Gasteiger partial charge in [0.2, 0.25) is 0 Å². The third-order valence-corrected chi connectivity index (χ3v) is 4.09. The number of hydrogen-bond donors (Lipinski definition) is 1. The Balaban J connectivity index is 2.06. The largest absolute Gasteiger partial charge is 0.457 e. The third-order valence-electron chi connectivity index (χ3n) is 3.40. The number of rotatable bonds is 6. The molecular formula is C18H21BrO2. The molecule has 0 aliphatic carbocycles. The van der Waals surface area contributed by atoms with Gasteiger partial charge in [0.1, 0.15) is 11.5 Å². The number of benzene rings is 2. The van der Waals surface area contributed by atoms with Crippen molar-refractivity contribution in [1.29, 1.82) is 0 Å². The summed E-state index contributed by atoms with van der Waals surface area (Å²) in [5.41, 5.74) is 2.20. The zero-order valence-corrected chi connectivity index (χ0v) is 14.1. The van der Waals surface area contributed by atoms with Gasteiger partial charge in [0.15, 0.2) is 0 Å². The van der Waals surface area contributed by atoms with Crippen LogP contribution in [0.5, 0.6) is 11.5 Å². The molecule has 2 rings (SSSR count). The molecule has 0 aromatic heterocycles. The van der Waals surface area contributed by atoms with Crippen molar-refractivity contribution in [2.45, 2.75) is 39.2 Å². The molecule has 0 bridgehead atoms. The fourth-order valence-corrected chi connectivity index (χ4v) is 2.84. The Morgan fingerprint density at radius 3 is 2.33 bits per heavy atom. The van der Waals surface area contributed by atoms with Crippen LogP contribution in [-0.2, 0) is 6.42 Å². The number of aryl methyl sites for hydroxylation is 1. The summed E-state index contributed by atoms with van der Waals surface area (Å²) in [6.45, 7) is 3.95. The Morgan fingerprint density at radius 2 is 1.76 bits per heavy atom. The first-order chi connectivity index (χ1) is 10.1. The van der Waals surface area contributed by atoms with E-state index in [-0.39, 0.29) is 0 Å². The third kappa shape index (κ3) is 4.58. The molecular weight excluding hydrogens is 328 g/mol. The van der Waals surface area contributed by atoms with Crippen LogP contribution < -0.4 is 4.74 Å². The lowest BCUT2D eigenvalue weighted by molar-refractivity contribution is 0.198. The van der Waals surface area contributed by atoms with Gasteiger partial charge in [-0.3, -0.25) is 0 Å². The van der Waals surface area contributed by atoms with E-state index in [4.69, 9.17) is 4.74 Å². The second kappa shape index (κ2) is 7.62.